The molecule has 0 saturated carbocycles. The molecule has 0 bridgehead atoms. The van der Waals surface area contributed by atoms with Crippen molar-refractivity contribution >= 4 is 0 Å². The molecule has 0 unspecified atom stereocenters. The largest absolute Gasteiger partial charge is 0.214 e. The molecule has 0 nitrogen and oxygen atoms in total. The Labute approximate surface area is 97.0 Å². The second-order valence-electron chi connectivity index (χ2n) is 1.92. The van der Waals surface area contributed by atoms with Gasteiger partial charge < -0.3 is 0 Å². The molecule has 0 heterocycles. The van der Waals surface area contributed by atoms with E-state index in [1.54, 1.807) is 0 Å². The molecule has 12 heavy (non-hydrogen) atoms. The molecular formula is C10H10FeRh-2. The topological polar surface area (TPSA) is 0 Å². The SMILES string of the molecule is [Fe].[Rh].c1cc[cH-]c1.c1cc[cH-]c1. The summed E-state index contributed by atoms with van der Waals surface area (Å²) in [5, 5.41) is 0. The van der Waals surface area contributed by atoms with Crippen molar-refractivity contribution in [2.24, 2.45) is 0 Å². The van der Waals surface area contributed by atoms with Crippen LogP contribution < -0.4 is 0 Å². The van der Waals surface area contributed by atoms with E-state index >= 15 is 0 Å². The van der Waals surface area contributed by atoms with Gasteiger partial charge >= 0.3 is 0 Å². The monoisotopic (exact) mass is 289 g/mol. The Morgan fingerprint density at radius 1 is 0.583 bits per heavy atom. The summed E-state index contributed by atoms with van der Waals surface area (Å²) in [4.78, 5) is 0. The van der Waals surface area contributed by atoms with Crippen molar-refractivity contribution in [3.63, 3.8) is 0 Å². The van der Waals surface area contributed by atoms with Crippen LogP contribution in [0.4, 0.5) is 0 Å². The van der Waals surface area contributed by atoms with Crippen molar-refractivity contribution in [2.75, 3.05) is 0 Å². The molecule has 0 N–H and O–H groups in total. The minimum Gasteiger partial charge on any atom is -0.214 e. The van der Waals surface area contributed by atoms with Gasteiger partial charge in [-0.25, -0.2) is 24.3 Å². The fourth-order valence-electron chi connectivity index (χ4n) is 0.642. The second-order valence-corrected chi connectivity index (χ2v) is 1.92. The number of rotatable bonds is 0. The molecule has 0 aromatic heterocycles. The van der Waals surface area contributed by atoms with Crippen molar-refractivity contribution < 1.29 is 36.5 Å². The average molecular weight is 289 g/mol. The summed E-state index contributed by atoms with van der Waals surface area (Å²) in [5.41, 5.74) is 0. The molecule has 2 rings (SSSR count). The Morgan fingerprint density at radius 2 is 0.833 bits per heavy atom. The molecule has 0 aliphatic carbocycles. The van der Waals surface area contributed by atoms with E-state index in [1.807, 2.05) is 60.7 Å². The van der Waals surface area contributed by atoms with Gasteiger partial charge in [-0.2, -0.15) is 36.4 Å². The van der Waals surface area contributed by atoms with Crippen LogP contribution in [-0.2, 0) is 36.5 Å². The van der Waals surface area contributed by atoms with E-state index < -0.39 is 0 Å². The van der Waals surface area contributed by atoms with Gasteiger partial charge in [-0.15, -0.1) is 0 Å². The maximum Gasteiger partial charge on any atom is 0 e. The molecule has 0 amide bonds. The van der Waals surface area contributed by atoms with Gasteiger partial charge in [-0.05, 0) is 0 Å². The Hall–Kier alpha value is -0.157. The number of hydrogen-bond acceptors (Lipinski definition) is 0. The molecule has 0 atom stereocenters. The van der Waals surface area contributed by atoms with E-state index in [-0.39, 0.29) is 36.5 Å². The van der Waals surface area contributed by atoms with Gasteiger partial charge in [0.1, 0.15) is 0 Å². The third-order valence-corrected chi connectivity index (χ3v) is 1.11. The van der Waals surface area contributed by atoms with Crippen LogP contribution in [-0.4, -0.2) is 0 Å². The summed E-state index contributed by atoms with van der Waals surface area (Å²) in [5.74, 6) is 0. The second kappa shape index (κ2) is 10.8. The Bertz CT molecular complexity index is 149. The molecule has 0 fully saturated rings. The van der Waals surface area contributed by atoms with E-state index in [4.69, 9.17) is 0 Å². The zero-order valence-corrected chi connectivity index (χ0v) is 9.20. The van der Waals surface area contributed by atoms with Gasteiger partial charge in [0.25, 0.3) is 0 Å². The first kappa shape index (κ1) is 14.4. The first-order valence-electron chi connectivity index (χ1n) is 3.33. The van der Waals surface area contributed by atoms with Gasteiger partial charge in [0.15, 0.2) is 0 Å². The first-order valence-corrected chi connectivity index (χ1v) is 3.33. The molecular weight excluding hydrogens is 279 g/mol. The molecule has 69 valence electrons. The predicted molar refractivity (Wildman–Crippen MR) is 44.1 cm³/mol. The Balaban J connectivity index is 0. The van der Waals surface area contributed by atoms with Gasteiger partial charge in [0.2, 0.25) is 0 Å². The fourth-order valence-corrected chi connectivity index (χ4v) is 0.642. The van der Waals surface area contributed by atoms with Crippen molar-refractivity contribution in [2.45, 2.75) is 0 Å². The van der Waals surface area contributed by atoms with Gasteiger partial charge in [0.05, 0.1) is 0 Å². The zero-order valence-electron chi connectivity index (χ0n) is 6.46. The molecule has 0 spiro atoms. The predicted octanol–water partition coefficient (Wildman–Crippen LogP) is 2.81. The quantitative estimate of drug-likeness (QED) is 0.517. The maximum atomic E-state index is 2.00. The van der Waals surface area contributed by atoms with E-state index in [0.29, 0.717) is 0 Å². The van der Waals surface area contributed by atoms with Crippen LogP contribution in [0, 0.1) is 0 Å². The van der Waals surface area contributed by atoms with Crippen LogP contribution >= 0.6 is 0 Å². The van der Waals surface area contributed by atoms with Gasteiger partial charge in [-0.3, -0.25) is 0 Å². The average Bonchev–Trinajstić information content (AvgIpc) is 2.67. The summed E-state index contributed by atoms with van der Waals surface area (Å²) < 4.78 is 0. The van der Waals surface area contributed by atoms with Crippen molar-refractivity contribution in [1.29, 1.82) is 0 Å². The van der Waals surface area contributed by atoms with E-state index in [2.05, 4.69) is 0 Å². The molecule has 0 saturated heterocycles. The third kappa shape index (κ3) is 7.94. The zero-order chi connectivity index (χ0) is 7.07. The van der Waals surface area contributed by atoms with Crippen LogP contribution in [0.25, 0.3) is 0 Å². The van der Waals surface area contributed by atoms with Gasteiger partial charge in [-0.1, -0.05) is 0 Å². The van der Waals surface area contributed by atoms with Crippen molar-refractivity contribution in [3.8, 4) is 0 Å². The van der Waals surface area contributed by atoms with Crippen LogP contribution in [0.1, 0.15) is 0 Å². The molecule has 2 aromatic rings. The van der Waals surface area contributed by atoms with E-state index in [1.165, 1.54) is 0 Å². The van der Waals surface area contributed by atoms with E-state index in [0.717, 1.165) is 0 Å². The first-order chi connectivity index (χ1) is 5.00. The minimum absolute atomic E-state index is 0. The molecule has 1 radical (unpaired) electrons. The van der Waals surface area contributed by atoms with Gasteiger partial charge in [0, 0.05) is 36.5 Å². The summed E-state index contributed by atoms with van der Waals surface area (Å²) in [6.07, 6.45) is 0. The van der Waals surface area contributed by atoms with Crippen LogP contribution in [0.3, 0.4) is 0 Å². The minimum atomic E-state index is 0. The summed E-state index contributed by atoms with van der Waals surface area (Å²) >= 11 is 0. The van der Waals surface area contributed by atoms with Crippen LogP contribution in [0.5, 0.6) is 0 Å². The van der Waals surface area contributed by atoms with Crippen molar-refractivity contribution in [3.05, 3.63) is 60.7 Å². The van der Waals surface area contributed by atoms with Crippen LogP contribution in [0.2, 0.25) is 0 Å². The summed E-state index contributed by atoms with van der Waals surface area (Å²) in [6.45, 7) is 0. The molecule has 0 aliphatic heterocycles. The molecule has 2 aromatic carbocycles. The Morgan fingerprint density at radius 3 is 0.917 bits per heavy atom. The molecule has 2 heteroatoms. The smallest absolute Gasteiger partial charge is 0 e. The van der Waals surface area contributed by atoms with Crippen LogP contribution in [0.15, 0.2) is 60.7 Å². The fraction of sp³-hybridized carbons (Fsp3) is 0. The standard InChI is InChI=1S/2C5H5.Fe.Rh/c2*1-2-4-5-3-1;;/h2*1-5H;;/q2*-1;;. The van der Waals surface area contributed by atoms with E-state index in [9.17, 15) is 0 Å². The molecule has 0 aliphatic rings. The number of hydrogen-bond donors (Lipinski definition) is 0. The summed E-state index contributed by atoms with van der Waals surface area (Å²) in [6, 6.07) is 20.0. The maximum absolute atomic E-state index is 2.00. The summed E-state index contributed by atoms with van der Waals surface area (Å²) in [7, 11) is 0. The normalized spacial score (nSPS) is 6.67. The Kier molecular flexibility index (Phi) is 13.0. The third-order valence-electron chi connectivity index (χ3n) is 1.11. The van der Waals surface area contributed by atoms with Crippen molar-refractivity contribution in [1.82, 2.24) is 0 Å².